The zero-order valence-corrected chi connectivity index (χ0v) is 15.5. The number of nitrogens with one attached hydrogen (secondary N) is 2. The number of rotatable bonds is 9. The molecule has 0 saturated carbocycles. The Morgan fingerprint density at radius 3 is 1.36 bits per heavy atom. The first kappa shape index (κ1) is 20.6. The van der Waals surface area contributed by atoms with Gasteiger partial charge in [-0.3, -0.25) is 0 Å². The first-order valence-corrected chi connectivity index (χ1v) is 8.91. The number of carbonyl (C=O) groups excluding carboxylic acids is 2. The number of urea groups is 2. The van der Waals surface area contributed by atoms with Gasteiger partial charge in [-0.25, -0.2) is 20.4 Å². The lowest BCUT2D eigenvalue weighted by atomic mass is 10.0. The van der Waals surface area contributed by atoms with Gasteiger partial charge in [0, 0.05) is 0 Å². The summed E-state index contributed by atoms with van der Waals surface area (Å²) in [4.78, 5) is 22.0. The van der Waals surface area contributed by atoms with Crippen molar-refractivity contribution in [1.82, 2.24) is 10.9 Å². The predicted molar refractivity (Wildman–Crippen MR) is 110 cm³/mol. The number of carbonyl (C=O) groups is 2. The molecule has 0 aliphatic rings. The van der Waals surface area contributed by atoms with Crippen LogP contribution in [0.1, 0.15) is 36.8 Å². The number of nitrogens with zero attached hydrogens (tertiary/aromatic N) is 2. The number of amides is 4. The zero-order chi connectivity index (χ0) is 20.2. The van der Waals surface area contributed by atoms with Crippen molar-refractivity contribution in [2.45, 2.75) is 25.7 Å². The van der Waals surface area contributed by atoms with Crippen LogP contribution in [0.2, 0.25) is 0 Å². The van der Waals surface area contributed by atoms with Crippen LogP contribution in [0, 0.1) is 0 Å². The zero-order valence-electron chi connectivity index (χ0n) is 15.5. The van der Waals surface area contributed by atoms with E-state index in [0.717, 1.165) is 35.4 Å². The average Bonchev–Trinajstić information content (AvgIpc) is 2.70. The van der Waals surface area contributed by atoms with E-state index in [-0.39, 0.29) is 0 Å². The van der Waals surface area contributed by atoms with Gasteiger partial charge in [0.25, 0.3) is 0 Å². The fourth-order valence-corrected chi connectivity index (χ4v) is 2.62. The molecule has 8 heteroatoms. The molecule has 28 heavy (non-hydrogen) atoms. The van der Waals surface area contributed by atoms with Gasteiger partial charge in [-0.15, -0.1) is 0 Å². The van der Waals surface area contributed by atoms with E-state index < -0.39 is 12.1 Å². The smallest absolute Gasteiger partial charge is 0.332 e. The molecule has 0 atom stereocenters. The molecule has 8 nitrogen and oxygen atoms in total. The number of hydrazone groups is 2. The van der Waals surface area contributed by atoms with Crippen LogP contribution in [-0.2, 0) is 0 Å². The second-order valence-electron chi connectivity index (χ2n) is 6.01. The topological polar surface area (TPSA) is 135 Å². The maximum absolute atomic E-state index is 11.0. The van der Waals surface area contributed by atoms with Gasteiger partial charge in [0.2, 0.25) is 0 Å². The number of nitrogens with two attached hydrogens (primary N) is 2. The Labute approximate surface area is 163 Å². The summed E-state index contributed by atoms with van der Waals surface area (Å²) in [7, 11) is 0. The third kappa shape index (κ3) is 7.28. The lowest BCUT2D eigenvalue weighted by Crippen LogP contribution is -2.26. The summed E-state index contributed by atoms with van der Waals surface area (Å²) in [6.07, 6.45) is 2.90. The predicted octanol–water partition coefficient (Wildman–Crippen LogP) is 2.69. The third-order valence-electron chi connectivity index (χ3n) is 3.89. The molecule has 0 aromatic heterocycles. The fraction of sp³-hybridized carbons (Fsp3) is 0.200. The highest BCUT2D eigenvalue weighted by atomic mass is 16.2. The van der Waals surface area contributed by atoms with Crippen molar-refractivity contribution >= 4 is 23.5 Å². The summed E-state index contributed by atoms with van der Waals surface area (Å²) >= 11 is 0. The van der Waals surface area contributed by atoms with Gasteiger partial charge in [0.15, 0.2) is 0 Å². The van der Waals surface area contributed by atoms with E-state index in [1.165, 1.54) is 0 Å². The molecule has 2 aromatic rings. The van der Waals surface area contributed by atoms with E-state index >= 15 is 0 Å². The first-order chi connectivity index (χ1) is 13.6. The minimum absolute atomic E-state index is 0.648. The largest absolute Gasteiger partial charge is 0.350 e. The summed E-state index contributed by atoms with van der Waals surface area (Å²) in [5.41, 5.74) is 18.2. The van der Waals surface area contributed by atoms with Crippen molar-refractivity contribution in [3.63, 3.8) is 0 Å². The molecule has 0 aliphatic heterocycles. The van der Waals surface area contributed by atoms with Crippen LogP contribution in [-0.4, -0.2) is 23.5 Å². The molecule has 0 radical (unpaired) electrons. The minimum Gasteiger partial charge on any atom is -0.350 e. The SMILES string of the molecule is NC(=O)N/N=C(/CCCC/C(=N\NC(N)=O)c1ccccc1)c1ccccc1. The Kier molecular flexibility index (Phi) is 8.19. The molecule has 0 spiro atoms. The number of benzene rings is 2. The molecule has 2 aromatic carbocycles. The molecule has 146 valence electrons. The molecule has 0 aliphatic carbocycles. The van der Waals surface area contributed by atoms with Gasteiger partial charge in [-0.05, 0) is 36.8 Å². The van der Waals surface area contributed by atoms with E-state index in [0.29, 0.717) is 12.8 Å². The maximum atomic E-state index is 11.0. The van der Waals surface area contributed by atoms with Crippen LogP contribution < -0.4 is 22.3 Å². The van der Waals surface area contributed by atoms with Gasteiger partial charge in [0.1, 0.15) is 0 Å². The minimum atomic E-state index is -0.704. The van der Waals surface area contributed by atoms with Crippen molar-refractivity contribution in [2.24, 2.45) is 21.7 Å². The third-order valence-corrected chi connectivity index (χ3v) is 3.89. The molecule has 0 bridgehead atoms. The number of hydrogen-bond acceptors (Lipinski definition) is 4. The van der Waals surface area contributed by atoms with Crippen LogP contribution in [0.5, 0.6) is 0 Å². The number of hydrogen-bond donors (Lipinski definition) is 4. The van der Waals surface area contributed by atoms with E-state index in [9.17, 15) is 9.59 Å². The molecule has 0 saturated heterocycles. The lowest BCUT2D eigenvalue weighted by Gasteiger charge is -2.09. The monoisotopic (exact) mass is 380 g/mol. The first-order valence-electron chi connectivity index (χ1n) is 8.91. The van der Waals surface area contributed by atoms with E-state index in [2.05, 4.69) is 21.1 Å². The molecule has 6 N–H and O–H groups in total. The van der Waals surface area contributed by atoms with Crippen molar-refractivity contribution in [3.8, 4) is 0 Å². The quantitative estimate of drug-likeness (QED) is 0.302. The second kappa shape index (κ2) is 11.1. The van der Waals surface area contributed by atoms with Crippen LogP contribution in [0.4, 0.5) is 9.59 Å². The van der Waals surface area contributed by atoms with Crippen LogP contribution >= 0.6 is 0 Å². The molecule has 4 amide bonds. The van der Waals surface area contributed by atoms with Gasteiger partial charge in [-0.1, -0.05) is 60.7 Å². The molecule has 0 fully saturated rings. The fourth-order valence-electron chi connectivity index (χ4n) is 2.62. The standard InChI is InChI=1S/C20H24N6O2/c21-19(27)25-23-17(15-9-3-1-4-10-15)13-7-8-14-18(24-26-20(22)28)16-11-5-2-6-12-16/h1-6,9-12H,7-8,13-14H2,(H3,21,25,27)(H3,22,26,28)/b23-17-,24-18+. The normalized spacial score (nSPS) is 11.7. The van der Waals surface area contributed by atoms with Gasteiger partial charge < -0.3 is 11.5 Å². The van der Waals surface area contributed by atoms with Crippen LogP contribution in [0.3, 0.4) is 0 Å². The number of unbranched alkanes of at least 4 members (excludes halogenated alkanes) is 1. The Morgan fingerprint density at radius 2 is 1.04 bits per heavy atom. The average molecular weight is 380 g/mol. The highest BCUT2D eigenvalue weighted by molar-refractivity contribution is 6.02. The summed E-state index contributed by atoms with van der Waals surface area (Å²) in [5, 5.41) is 8.23. The van der Waals surface area contributed by atoms with Gasteiger partial charge in [0.05, 0.1) is 11.4 Å². The van der Waals surface area contributed by atoms with Gasteiger partial charge >= 0.3 is 12.1 Å². The lowest BCUT2D eigenvalue weighted by molar-refractivity contribution is 0.248. The molecule has 0 unspecified atom stereocenters. The van der Waals surface area contributed by atoms with E-state index in [1.54, 1.807) is 0 Å². The molecular formula is C20H24N6O2. The van der Waals surface area contributed by atoms with E-state index in [1.807, 2.05) is 60.7 Å². The summed E-state index contributed by atoms with van der Waals surface area (Å²) in [6, 6.07) is 17.8. The summed E-state index contributed by atoms with van der Waals surface area (Å²) in [6.45, 7) is 0. The molecular weight excluding hydrogens is 356 g/mol. The maximum Gasteiger partial charge on any atom is 0.332 e. The van der Waals surface area contributed by atoms with Crippen molar-refractivity contribution < 1.29 is 9.59 Å². The van der Waals surface area contributed by atoms with Crippen molar-refractivity contribution in [3.05, 3.63) is 71.8 Å². The second-order valence-corrected chi connectivity index (χ2v) is 6.01. The molecule has 2 rings (SSSR count). The Morgan fingerprint density at radius 1 is 0.679 bits per heavy atom. The van der Waals surface area contributed by atoms with E-state index in [4.69, 9.17) is 11.5 Å². The van der Waals surface area contributed by atoms with Crippen LogP contribution in [0.25, 0.3) is 0 Å². The van der Waals surface area contributed by atoms with Crippen molar-refractivity contribution in [2.75, 3.05) is 0 Å². The van der Waals surface area contributed by atoms with Crippen molar-refractivity contribution in [1.29, 1.82) is 0 Å². The van der Waals surface area contributed by atoms with Gasteiger partial charge in [-0.2, -0.15) is 10.2 Å². The highest BCUT2D eigenvalue weighted by Gasteiger charge is 2.07. The Bertz CT molecular complexity index is 763. The van der Waals surface area contributed by atoms with Crippen LogP contribution in [0.15, 0.2) is 70.9 Å². The highest BCUT2D eigenvalue weighted by Crippen LogP contribution is 2.12. The Balaban J connectivity index is 1.99. The Hall–Kier alpha value is -3.68. The number of primary amides is 2. The molecule has 0 heterocycles. The summed E-state index contributed by atoms with van der Waals surface area (Å²) < 4.78 is 0. The summed E-state index contributed by atoms with van der Waals surface area (Å²) in [5.74, 6) is 0.